The molecule has 8 heteroatoms. The first-order chi connectivity index (χ1) is 11.3. The zero-order valence-corrected chi connectivity index (χ0v) is 14.4. The standard InChI is InChI=1S/C16H18FN3O3S/c1-10(2)14-13(8-21)15(11-4-6-12(17)7-5-11)19-16(18-14)20(3)9-24(22)23/h4-7,9-10,21H,8H2,1-3H3. The molecule has 2 rings (SSSR count). The third kappa shape index (κ3) is 3.95. The summed E-state index contributed by atoms with van der Waals surface area (Å²) < 4.78 is 34.9. The number of aliphatic hydroxyl groups excluding tert-OH is 1. The van der Waals surface area contributed by atoms with Gasteiger partial charge < -0.3 is 10.0 Å². The topological polar surface area (TPSA) is 83.4 Å². The van der Waals surface area contributed by atoms with Crippen LogP contribution in [-0.4, -0.2) is 36.0 Å². The Kier molecular flexibility index (Phi) is 5.63. The van der Waals surface area contributed by atoms with E-state index in [1.807, 2.05) is 13.8 Å². The highest BCUT2D eigenvalue weighted by molar-refractivity contribution is 7.71. The van der Waals surface area contributed by atoms with Crippen molar-refractivity contribution in [3.8, 4) is 11.3 Å². The van der Waals surface area contributed by atoms with E-state index in [0.29, 0.717) is 22.5 Å². The molecule has 0 aliphatic rings. The fourth-order valence-electron chi connectivity index (χ4n) is 2.30. The number of anilines is 1. The normalized spacial score (nSPS) is 10.8. The van der Waals surface area contributed by atoms with E-state index in [0.717, 1.165) is 5.49 Å². The molecule has 0 aliphatic heterocycles. The molecule has 0 bridgehead atoms. The lowest BCUT2D eigenvalue weighted by Gasteiger charge is -2.19. The van der Waals surface area contributed by atoms with Gasteiger partial charge >= 0.3 is 0 Å². The molecule has 1 aromatic heterocycles. The molecule has 6 nitrogen and oxygen atoms in total. The molecule has 0 saturated heterocycles. The first-order valence-corrected chi connectivity index (χ1v) is 8.40. The van der Waals surface area contributed by atoms with Gasteiger partial charge in [-0.25, -0.2) is 14.4 Å². The Morgan fingerprint density at radius 2 is 1.88 bits per heavy atom. The summed E-state index contributed by atoms with van der Waals surface area (Å²) in [6.45, 7) is 3.55. The molecule has 0 aliphatic carbocycles. The molecule has 0 fully saturated rings. The van der Waals surface area contributed by atoms with Gasteiger partial charge in [-0.3, -0.25) is 0 Å². The van der Waals surface area contributed by atoms with E-state index in [9.17, 15) is 17.9 Å². The smallest absolute Gasteiger partial charge is 0.230 e. The minimum absolute atomic E-state index is 0.0146. The summed E-state index contributed by atoms with van der Waals surface area (Å²) in [5, 5.41) is 9.76. The molecule has 1 heterocycles. The van der Waals surface area contributed by atoms with Crippen LogP contribution in [0, 0.1) is 5.82 Å². The predicted molar refractivity (Wildman–Crippen MR) is 90.8 cm³/mol. The number of benzene rings is 1. The van der Waals surface area contributed by atoms with Crippen LogP contribution in [0.5, 0.6) is 0 Å². The van der Waals surface area contributed by atoms with E-state index >= 15 is 0 Å². The lowest BCUT2D eigenvalue weighted by atomic mass is 9.99. The maximum atomic E-state index is 13.2. The molecular weight excluding hydrogens is 333 g/mol. The molecular formula is C16H18FN3O3S. The van der Waals surface area contributed by atoms with Crippen molar-refractivity contribution in [2.45, 2.75) is 26.4 Å². The fourth-order valence-corrected chi connectivity index (χ4v) is 2.66. The molecule has 0 atom stereocenters. The summed E-state index contributed by atoms with van der Waals surface area (Å²) in [6, 6.07) is 5.71. The third-order valence-corrected chi connectivity index (χ3v) is 3.90. The summed E-state index contributed by atoms with van der Waals surface area (Å²) in [7, 11) is -0.887. The van der Waals surface area contributed by atoms with Gasteiger partial charge in [-0.05, 0) is 30.2 Å². The average Bonchev–Trinajstić information content (AvgIpc) is 2.53. The summed E-state index contributed by atoms with van der Waals surface area (Å²) >= 11 is 0. The van der Waals surface area contributed by atoms with E-state index in [1.165, 1.54) is 24.1 Å². The minimum atomic E-state index is -2.40. The highest BCUT2D eigenvalue weighted by atomic mass is 32.2. The van der Waals surface area contributed by atoms with E-state index < -0.39 is 10.3 Å². The van der Waals surface area contributed by atoms with Gasteiger partial charge in [0, 0.05) is 18.2 Å². The second-order valence-corrected chi connectivity index (χ2v) is 6.26. The molecule has 2 aromatic rings. The van der Waals surface area contributed by atoms with Crippen LogP contribution in [0.15, 0.2) is 24.3 Å². The van der Waals surface area contributed by atoms with E-state index in [4.69, 9.17) is 0 Å². The minimum Gasteiger partial charge on any atom is -0.392 e. The van der Waals surface area contributed by atoms with Crippen molar-refractivity contribution >= 4 is 21.7 Å². The van der Waals surface area contributed by atoms with Crippen molar-refractivity contribution in [2.24, 2.45) is 0 Å². The summed E-state index contributed by atoms with van der Waals surface area (Å²) in [5.74, 6) is -0.214. The Hall–Kier alpha value is -2.32. The van der Waals surface area contributed by atoms with Crippen LogP contribution in [0.25, 0.3) is 11.3 Å². The fraction of sp³-hybridized carbons (Fsp3) is 0.312. The average molecular weight is 351 g/mol. The molecule has 128 valence electrons. The number of aromatic nitrogens is 2. The van der Waals surface area contributed by atoms with Gasteiger partial charge in [-0.2, -0.15) is 8.42 Å². The molecule has 0 unspecified atom stereocenters. The first-order valence-electron chi connectivity index (χ1n) is 7.27. The van der Waals surface area contributed by atoms with Crippen LogP contribution in [-0.2, 0) is 16.9 Å². The molecule has 0 radical (unpaired) electrons. The largest absolute Gasteiger partial charge is 0.392 e. The Balaban J connectivity index is 2.73. The number of hydrogen-bond donors (Lipinski definition) is 1. The quantitative estimate of drug-likeness (QED) is 0.829. The third-order valence-electron chi connectivity index (χ3n) is 3.41. The van der Waals surface area contributed by atoms with Crippen LogP contribution in [0.1, 0.15) is 31.0 Å². The molecule has 1 N–H and O–H groups in total. The second kappa shape index (κ2) is 7.50. The van der Waals surface area contributed by atoms with Gasteiger partial charge in [0.15, 0.2) is 0 Å². The number of rotatable bonds is 5. The van der Waals surface area contributed by atoms with Crippen molar-refractivity contribution < 1.29 is 17.9 Å². The van der Waals surface area contributed by atoms with Crippen LogP contribution >= 0.6 is 0 Å². The Bertz CT molecular complexity index is 857. The monoisotopic (exact) mass is 351 g/mol. The molecule has 0 spiro atoms. The lowest BCUT2D eigenvalue weighted by Crippen LogP contribution is -2.20. The summed E-state index contributed by atoms with van der Waals surface area (Å²) in [6.07, 6.45) is 0. The highest BCUT2D eigenvalue weighted by Gasteiger charge is 2.19. The van der Waals surface area contributed by atoms with Gasteiger partial charge in [-0.15, -0.1) is 0 Å². The maximum absolute atomic E-state index is 13.2. The van der Waals surface area contributed by atoms with Crippen molar-refractivity contribution in [1.82, 2.24) is 9.97 Å². The second-order valence-electron chi connectivity index (χ2n) is 5.53. The zero-order chi connectivity index (χ0) is 17.9. The van der Waals surface area contributed by atoms with Crippen molar-refractivity contribution in [3.63, 3.8) is 0 Å². The van der Waals surface area contributed by atoms with Gasteiger partial charge in [-0.1, -0.05) is 13.8 Å². The van der Waals surface area contributed by atoms with E-state index in [-0.39, 0.29) is 24.3 Å². The molecule has 0 amide bonds. The van der Waals surface area contributed by atoms with Crippen molar-refractivity contribution in [3.05, 3.63) is 41.3 Å². The number of aliphatic hydroxyl groups is 1. The van der Waals surface area contributed by atoms with Gasteiger partial charge in [0.1, 0.15) is 11.3 Å². The Labute approximate surface area is 141 Å². The number of nitrogens with zero attached hydrogens (tertiary/aromatic N) is 3. The number of hydrogen-bond acceptors (Lipinski definition) is 5. The molecule has 1 aromatic carbocycles. The SMILES string of the molecule is CC(C)c1nc(N(C)C=S(=O)=O)nc(-c2ccc(F)cc2)c1CO. The van der Waals surface area contributed by atoms with Crippen LogP contribution in [0.2, 0.25) is 0 Å². The first kappa shape index (κ1) is 18.0. The van der Waals surface area contributed by atoms with Crippen LogP contribution in [0.4, 0.5) is 10.3 Å². The zero-order valence-electron chi connectivity index (χ0n) is 13.6. The summed E-state index contributed by atoms with van der Waals surface area (Å²) in [5.41, 5.74) is 3.16. The van der Waals surface area contributed by atoms with Gasteiger partial charge in [0.2, 0.25) is 16.2 Å². The van der Waals surface area contributed by atoms with Crippen molar-refractivity contribution in [2.75, 3.05) is 11.9 Å². The Morgan fingerprint density at radius 1 is 1.25 bits per heavy atom. The van der Waals surface area contributed by atoms with Crippen molar-refractivity contribution in [1.29, 1.82) is 0 Å². The van der Waals surface area contributed by atoms with Crippen LogP contribution in [0.3, 0.4) is 0 Å². The number of halogens is 1. The predicted octanol–water partition coefficient (Wildman–Crippen LogP) is 1.97. The summed E-state index contributed by atoms with van der Waals surface area (Å²) in [4.78, 5) is 10.0. The van der Waals surface area contributed by atoms with Gasteiger partial charge in [0.05, 0.1) is 18.0 Å². The van der Waals surface area contributed by atoms with Crippen LogP contribution < -0.4 is 4.90 Å². The van der Waals surface area contributed by atoms with Gasteiger partial charge in [0.25, 0.3) is 0 Å². The van der Waals surface area contributed by atoms with E-state index in [1.54, 1.807) is 12.1 Å². The van der Waals surface area contributed by atoms with E-state index in [2.05, 4.69) is 9.97 Å². The maximum Gasteiger partial charge on any atom is 0.230 e. The molecule has 24 heavy (non-hydrogen) atoms. The lowest BCUT2D eigenvalue weighted by molar-refractivity contribution is 0.279. The molecule has 0 saturated carbocycles. The Morgan fingerprint density at radius 3 is 2.38 bits per heavy atom. The highest BCUT2D eigenvalue weighted by Crippen LogP contribution is 2.29.